The number of hydrogen-bond acceptors (Lipinski definition) is 3. The van der Waals surface area contributed by atoms with Crippen molar-refractivity contribution in [2.45, 2.75) is 71.3 Å². The van der Waals surface area contributed by atoms with Gasteiger partial charge in [0, 0.05) is 17.3 Å². The largest absolute Gasteiger partial charge is 0.312 e. The monoisotopic (exact) mass is 466 g/mol. The van der Waals surface area contributed by atoms with Crippen molar-refractivity contribution in [3.63, 3.8) is 0 Å². The zero-order valence-electron chi connectivity index (χ0n) is 21.8. The first-order chi connectivity index (χ1) is 16.9. The maximum atomic E-state index is 11.9. The van der Waals surface area contributed by atoms with E-state index in [9.17, 15) is 4.79 Å². The van der Waals surface area contributed by atoms with Crippen molar-refractivity contribution in [3.8, 4) is 11.1 Å². The Balaban J connectivity index is 1.58. The molecule has 0 aromatic heterocycles. The third-order valence-corrected chi connectivity index (χ3v) is 7.36. The molecular weight excluding hydrogens is 428 g/mol. The van der Waals surface area contributed by atoms with Crippen LogP contribution in [0.5, 0.6) is 0 Å². The van der Waals surface area contributed by atoms with Gasteiger partial charge in [0.15, 0.2) is 0 Å². The molecule has 3 aromatic carbocycles. The van der Waals surface area contributed by atoms with E-state index in [1.54, 1.807) is 0 Å². The third kappa shape index (κ3) is 5.79. The standard InChI is InChI=1S/C32H38N2O/c1-6-29(34-30-17-16-26(18-22(30)3)24-12-10-21(2)11-13-24)31(33-5)19-23(4)32-27(20-35)8-7-9-28(32)25-14-15-25/h7-13,16-18,20,23,25,31,33H,6,14-15,19H2,1-5H3. The van der Waals surface area contributed by atoms with Crippen LogP contribution in [-0.4, -0.2) is 25.1 Å². The zero-order valence-corrected chi connectivity index (χ0v) is 21.8. The number of benzene rings is 3. The van der Waals surface area contributed by atoms with Gasteiger partial charge in [-0.3, -0.25) is 9.79 Å². The highest BCUT2D eigenvalue weighted by molar-refractivity contribution is 5.92. The molecule has 0 heterocycles. The Morgan fingerprint density at radius 1 is 1.06 bits per heavy atom. The van der Waals surface area contributed by atoms with Crippen molar-refractivity contribution in [1.29, 1.82) is 0 Å². The van der Waals surface area contributed by atoms with E-state index >= 15 is 0 Å². The van der Waals surface area contributed by atoms with Crippen LogP contribution in [0.4, 0.5) is 5.69 Å². The molecule has 2 atom stereocenters. The maximum absolute atomic E-state index is 11.9. The molecule has 2 unspecified atom stereocenters. The first kappa shape index (κ1) is 25.1. The highest BCUT2D eigenvalue weighted by Crippen LogP contribution is 2.44. The van der Waals surface area contributed by atoms with Gasteiger partial charge in [-0.25, -0.2) is 0 Å². The summed E-state index contributed by atoms with van der Waals surface area (Å²) in [5, 5.41) is 3.52. The van der Waals surface area contributed by atoms with E-state index in [0.29, 0.717) is 5.92 Å². The highest BCUT2D eigenvalue weighted by Gasteiger charge is 2.30. The fourth-order valence-corrected chi connectivity index (χ4v) is 5.18. The van der Waals surface area contributed by atoms with Gasteiger partial charge in [-0.2, -0.15) is 0 Å². The molecule has 4 rings (SSSR count). The number of nitrogens with zero attached hydrogens (tertiary/aromatic N) is 1. The Bertz CT molecular complexity index is 1200. The number of rotatable bonds is 10. The van der Waals surface area contributed by atoms with E-state index in [1.807, 2.05) is 19.2 Å². The van der Waals surface area contributed by atoms with Crippen molar-refractivity contribution >= 4 is 17.7 Å². The first-order valence-corrected chi connectivity index (χ1v) is 13.0. The predicted octanol–water partition coefficient (Wildman–Crippen LogP) is 7.92. The Hall–Kier alpha value is -3.04. The third-order valence-electron chi connectivity index (χ3n) is 7.36. The number of carbonyl (C=O) groups excluding carboxylic acids is 1. The van der Waals surface area contributed by atoms with Gasteiger partial charge in [0.05, 0.1) is 5.69 Å². The van der Waals surface area contributed by atoms with Crippen molar-refractivity contribution in [1.82, 2.24) is 5.32 Å². The molecular formula is C32H38N2O. The van der Waals surface area contributed by atoms with Gasteiger partial charge in [0.25, 0.3) is 0 Å². The second-order valence-electron chi connectivity index (χ2n) is 10.0. The van der Waals surface area contributed by atoms with Gasteiger partial charge >= 0.3 is 0 Å². The smallest absolute Gasteiger partial charge is 0.150 e. The highest BCUT2D eigenvalue weighted by atomic mass is 16.1. The van der Waals surface area contributed by atoms with E-state index in [1.165, 1.54) is 46.2 Å². The average Bonchev–Trinajstić information content (AvgIpc) is 3.72. The lowest BCUT2D eigenvalue weighted by atomic mass is 9.84. The predicted molar refractivity (Wildman–Crippen MR) is 148 cm³/mol. The Morgan fingerprint density at radius 2 is 1.77 bits per heavy atom. The Labute approximate surface area is 210 Å². The van der Waals surface area contributed by atoms with Crippen LogP contribution < -0.4 is 5.32 Å². The van der Waals surface area contributed by atoms with E-state index in [0.717, 1.165) is 36.1 Å². The molecule has 182 valence electrons. The molecule has 1 aliphatic carbocycles. The minimum Gasteiger partial charge on any atom is -0.312 e. The topological polar surface area (TPSA) is 41.5 Å². The van der Waals surface area contributed by atoms with Crippen molar-refractivity contribution < 1.29 is 4.79 Å². The summed E-state index contributed by atoms with van der Waals surface area (Å²) in [5.41, 5.74) is 10.5. The Morgan fingerprint density at radius 3 is 2.37 bits per heavy atom. The number of aliphatic imine (C=N–C) groups is 1. The molecule has 35 heavy (non-hydrogen) atoms. The summed E-state index contributed by atoms with van der Waals surface area (Å²) in [6.07, 6.45) is 5.28. The quantitative estimate of drug-likeness (QED) is 0.243. The normalized spacial score (nSPS) is 15.6. The molecule has 0 saturated heterocycles. The van der Waals surface area contributed by atoms with Gasteiger partial charge in [0.1, 0.15) is 6.29 Å². The van der Waals surface area contributed by atoms with Crippen LogP contribution in [0, 0.1) is 13.8 Å². The van der Waals surface area contributed by atoms with E-state index in [-0.39, 0.29) is 12.0 Å². The molecule has 1 saturated carbocycles. The van der Waals surface area contributed by atoms with Gasteiger partial charge in [-0.1, -0.05) is 67.9 Å². The van der Waals surface area contributed by atoms with Crippen molar-refractivity contribution in [2.75, 3.05) is 7.05 Å². The molecule has 0 amide bonds. The zero-order chi connectivity index (χ0) is 24.9. The van der Waals surface area contributed by atoms with Crippen LogP contribution in [0.1, 0.15) is 84.0 Å². The Kier molecular flexibility index (Phi) is 7.97. The fraction of sp³-hybridized carbons (Fsp3) is 0.375. The molecule has 0 bridgehead atoms. The molecule has 0 spiro atoms. The van der Waals surface area contributed by atoms with Gasteiger partial charge < -0.3 is 5.32 Å². The maximum Gasteiger partial charge on any atom is 0.150 e. The molecule has 0 aliphatic heterocycles. The number of carbonyl (C=O) groups is 1. The van der Waals surface area contributed by atoms with E-state index in [4.69, 9.17) is 4.99 Å². The summed E-state index contributed by atoms with van der Waals surface area (Å²) in [5.74, 6) is 0.889. The van der Waals surface area contributed by atoms with Crippen LogP contribution in [0.2, 0.25) is 0 Å². The van der Waals surface area contributed by atoms with Crippen LogP contribution >= 0.6 is 0 Å². The molecule has 1 aliphatic rings. The second kappa shape index (κ2) is 11.1. The molecule has 1 N–H and O–H groups in total. The minimum absolute atomic E-state index is 0.151. The summed E-state index contributed by atoms with van der Waals surface area (Å²) in [7, 11) is 2.02. The van der Waals surface area contributed by atoms with Crippen LogP contribution in [0.3, 0.4) is 0 Å². The van der Waals surface area contributed by atoms with Crippen LogP contribution in [-0.2, 0) is 0 Å². The summed E-state index contributed by atoms with van der Waals surface area (Å²) in [4.78, 5) is 17.0. The van der Waals surface area contributed by atoms with Gasteiger partial charge in [0.2, 0.25) is 0 Å². The number of aryl methyl sites for hydroxylation is 2. The fourth-order valence-electron chi connectivity index (χ4n) is 5.18. The van der Waals surface area contributed by atoms with Gasteiger partial charge in [-0.15, -0.1) is 0 Å². The van der Waals surface area contributed by atoms with Crippen molar-refractivity contribution in [2.24, 2.45) is 4.99 Å². The van der Waals surface area contributed by atoms with E-state index < -0.39 is 0 Å². The molecule has 3 heteroatoms. The number of hydrogen-bond donors (Lipinski definition) is 1. The molecule has 1 fully saturated rings. The second-order valence-corrected chi connectivity index (χ2v) is 10.0. The summed E-state index contributed by atoms with van der Waals surface area (Å²) in [6, 6.07) is 21.6. The van der Waals surface area contributed by atoms with E-state index in [2.05, 4.69) is 81.5 Å². The van der Waals surface area contributed by atoms with Crippen LogP contribution in [0.25, 0.3) is 11.1 Å². The summed E-state index contributed by atoms with van der Waals surface area (Å²) < 4.78 is 0. The number of aldehydes is 1. The lowest BCUT2D eigenvalue weighted by molar-refractivity contribution is 0.112. The molecule has 3 nitrogen and oxygen atoms in total. The summed E-state index contributed by atoms with van der Waals surface area (Å²) >= 11 is 0. The molecule has 0 radical (unpaired) electrons. The lowest BCUT2D eigenvalue weighted by Crippen LogP contribution is -2.35. The lowest BCUT2D eigenvalue weighted by Gasteiger charge is -2.25. The van der Waals surface area contributed by atoms with Crippen LogP contribution in [0.15, 0.2) is 65.7 Å². The average molecular weight is 467 g/mol. The summed E-state index contributed by atoms with van der Waals surface area (Å²) in [6.45, 7) is 8.69. The SMILES string of the molecule is CCC(=Nc1ccc(-c2ccc(C)cc2)cc1C)C(CC(C)c1c(C=O)cccc1C1CC1)NC. The molecule has 3 aromatic rings. The van der Waals surface area contributed by atoms with Crippen molar-refractivity contribution in [3.05, 3.63) is 88.5 Å². The number of nitrogens with one attached hydrogen (secondary N) is 1. The first-order valence-electron chi connectivity index (χ1n) is 13.0. The minimum atomic E-state index is 0.151. The van der Waals surface area contributed by atoms with Gasteiger partial charge in [-0.05, 0) is 98.4 Å².